The first-order chi connectivity index (χ1) is 9.65. The first-order valence-electron chi connectivity index (χ1n) is 6.46. The van der Waals surface area contributed by atoms with Gasteiger partial charge in [0.2, 0.25) is 5.89 Å². The van der Waals surface area contributed by atoms with Crippen LogP contribution in [0.25, 0.3) is 0 Å². The van der Waals surface area contributed by atoms with E-state index in [0.29, 0.717) is 28.4 Å². The van der Waals surface area contributed by atoms with Gasteiger partial charge in [0.1, 0.15) is 17.2 Å². The monoisotopic (exact) mass is 294 g/mol. The third-order valence-electron chi connectivity index (χ3n) is 3.49. The number of aryl methyl sites for hydroxylation is 1. The Kier molecular flexibility index (Phi) is 3.43. The fraction of sp³-hybridized carbons (Fsp3) is 0.500. The van der Waals surface area contributed by atoms with E-state index in [2.05, 4.69) is 25.0 Å². The Morgan fingerprint density at radius 1 is 1.35 bits per heavy atom. The maximum Gasteiger partial charge on any atom is 0.229 e. The molecule has 1 aliphatic rings. The van der Waals surface area contributed by atoms with Crippen LogP contribution in [0.2, 0.25) is 5.02 Å². The number of nitrogen functional groups attached to an aromatic ring is 1. The highest BCUT2D eigenvalue weighted by atomic mass is 35.5. The van der Waals surface area contributed by atoms with E-state index in [-0.39, 0.29) is 0 Å². The first kappa shape index (κ1) is 13.1. The Hall–Kier alpha value is -1.89. The van der Waals surface area contributed by atoms with Crippen molar-refractivity contribution >= 4 is 23.2 Å². The van der Waals surface area contributed by atoms with Gasteiger partial charge in [-0.1, -0.05) is 16.8 Å². The van der Waals surface area contributed by atoms with Gasteiger partial charge in [-0.25, -0.2) is 9.97 Å². The summed E-state index contributed by atoms with van der Waals surface area (Å²) in [6, 6.07) is 0. The van der Waals surface area contributed by atoms with Crippen LogP contribution in [0.1, 0.15) is 30.5 Å². The Labute approximate surface area is 121 Å². The van der Waals surface area contributed by atoms with Gasteiger partial charge in [-0.3, -0.25) is 0 Å². The van der Waals surface area contributed by atoms with E-state index in [4.69, 9.17) is 21.9 Å². The van der Waals surface area contributed by atoms with Gasteiger partial charge in [-0.05, 0) is 19.8 Å². The summed E-state index contributed by atoms with van der Waals surface area (Å²) in [4.78, 5) is 14.5. The van der Waals surface area contributed by atoms with Crippen LogP contribution < -0.4 is 10.6 Å². The number of anilines is 2. The molecule has 3 heterocycles. The van der Waals surface area contributed by atoms with Crippen molar-refractivity contribution in [1.29, 1.82) is 0 Å². The van der Waals surface area contributed by atoms with Crippen molar-refractivity contribution in [3.05, 3.63) is 23.1 Å². The summed E-state index contributed by atoms with van der Waals surface area (Å²) >= 11 is 6.15. The molecule has 0 spiro atoms. The average Bonchev–Trinajstić information content (AvgIpc) is 2.89. The summed E-state index contributed by atoms with van der Waals surface area (Å²) in [5, 5.41) is 4.25. The second-order valence-electron chi connectivity index (χ2n) is 4.84. The molecular weight excluding hydrogens is 280 g/mol. The number of nitrogens with two attached hydrogens (primary N) is 1. The molecule has 2 aromatic heterocycles. The maximum absolute atomic E-state index is 6.15. The minimum atomic E-state index is 0.297. The van der Waals surface area contributed by atoms with Crippen LogP contribution in [-0.2, 0) is 0 Å². The second-order valence-corrected chi connectivity index (χ2v) is 5.22. The predicted octanol–water partition coefficient (Wildman–Crippen LogP) is 1.79. The molecule has 1 fully saturated rings. The van der Waals surface area contributed by atoms with E-state index < -0.39 is 0 Å². The largest absolute Gasteiger partial charge is 0.382 e. The van der Waals surface area contributed by atoms with Gasteiger partial charge in [0.25, 0.3) is 0 Å². The third-order valence-corrected chi connectivity index (χ3v) is 3.85. The smallest absolute Gasteiger partial charge is 0.229 e. The highest BCUT2D eigenvalue weighted by molar-refractivity contribution is 6.35. The number of rotatable bonds is 2. The molecule has 1 aliphatic heterocycles. The highest BCUT2D eigenvalue weighted by Gasteiger charge is 2.26. The van der Waals surface area contributed by atoms with Crippen LogP contribution in [0.3, 0.4) is 0 Å². The zero-order valence-corrected chi connectivity index (χ0v) is 11.8. The van der Waals surface area contributed by atoms with E-state index >= 15 is 0 Å². The average molecular weight is 295 g/mol. The third kappa shape index (κ3) is 2.40. The molecule has 0 atom stereocenters. The summed E-state index contributed by atoms with van der Waals surface area (Å²) in [6.45, 7) is 3.47. The van der Waals surface area contributed by atoms with Gasteiger partial charge in [0.05, 0.1) is 0 Å². The molecule has 0 aliphatic carbocycles. The van der Waals surface area contributed by atoms with E-state index in [0.717, 1.165) is 31.8 Å². The predicted molar refractivity (Wildman–Crippen MR) is 74.7 cm³/mol. The quantitative estimate of drug-likeness (QED) is 0.902. The van der Waals surface area contributed by atoms with Crippen LogP contribution in [0.15, 0.2) is 10.9 Å². The summed E-state index contributed by atoms with van der Waals surface area (Å²) < 4.78 is 5.24. The Bertz CT molecular complexity index is 608. The van der Waals surface area contributed by atoms with Gasteiger partial charge in [-0.2, -0.15) is 4.98 Å². The Balaban J connectivity index is 1.71. The lowest BCUT2D eigenvalue weighted by atomic mass is 9.97. The number of nitrogens with zero attached hydrogens (tertiary/aromatic N) is 5. The van der Waals surface area contributed by atoms with Crippen molar-refractivity contribution in [2.24, 2.45) is 0 Å². The van der Waals surface area contributed by atoms with Crippen LogP contribution >= 0.6 is 11.6 Å². The van der Waals surface area contributed by atoms with Crippen molar-refractivity contribution in [1.82, 2.24) is 20.1 Å². The Morgan fingerprint density at radius 3 is 2.75 bits per heavy atom. The van der Waals surface area contributed by atoms with Gasteiger partial charge in [0, 0.05) is 19.0 Å². The summed E-state index contributed by atoms with van der Waals surface area (Å²) in [5.41, 5.74) is 5.71. The minimum Gasteiger partial charge on any atom is -0.382 e. The van der Waals surface area contributed by atoms with E-state index in [1.165, 1.54) is 6.33 Å². The van der Waals surface area contributed by atoms with E-state index in [1.54, 1.807) is 0 Å². The van der Waals surface area contributed by atoms with Gasteiger partial charge in [0.15, 0.2) is 11.6 Å². The lowest BCUT2D eigenvalue weighted by molar-refractivity contribution is 0.327. The zero-order chi connectivity index (χ0) is 14.1. The number of halogens is 1. The maximum atomic E-state index is 6.15. The standard InChI is InChI=1S/C12H15ClN6O/c1-7-17-12(20-18-7)8-2-4-19(5-3-8)11-9(13)10(14)15-6-16-11/h6,8H,2-5H2,1H3,(H2,14,15,16). The molecule has 0 unspecified atom stereocenters. The van der Waals surface area contributed by atoms with Gasteiger partial charge >= 0.3 is 0 Å². The molecule has 20 heavy (non-hydrogen) atoms. The number of aromatic nitrogens is 4. The molecule has 0 radical (unpaired) electrons. The van der Waals surface area contributed by atoms with Crippen LogP contribution in [0.5, 0.6) is 0 Å². The molecular formula is C12H15ClN6O. The Morgan fingerprint density at radius 2 is 2.10 bits per heavy atom. The van der Waals surface area contributed by atoms with Crippen LogP contribution in [-0.4, -0.2) is 33.2 Å². The van der Waals surface area contributed by atoms with Crippen LogP contribution in [0, 0.1) is 6.92 Å². The lowest BCUT2D eigenvalue weighted by Crippen LogP contribution is -2.34. The molecule has 1 saturated heterocycles. The van der Waals surface area contributed by atoms with Gasteiger partial charge in [-0.15, -0.1) is 0 Å². The summed E-state index contributed by atoms with van der Waals surface area (Å²) in [6.07, 6.45) is 3.27. The second kappa shape index (κ2) is 5.24. The first-order valence-corrected chi connectivity index (χ1v) is 6.84. The molecule has 8 heteroatoms. The molecule has 7 nitrogen and oxygen atoms in total. The van der Waals surface area contributed by atoms with Crippen molar-refractivity contribution in [2.45, 2.75) is 25.7 Å². The van der Waals surface area contributed by atoms with Crippen molar-refractivity contribution in [2.75, 3.05) is 23.7 Å². The molecule has 2 aromatic rings. The topological polar surface area (TPSA) is 94.0 Å². The van der Waals surface area contributed by atoms with Gasteiger partial charge < -0.3 is 15.2 Å². The molecule has 0 amide bonds. The molecule has 0 bridgehead atoms. The van der Waals surface area contributed by atoms with Crippen molar-refractivity contribution < 1.29 is 4.52 Å². The fourth-order valence-electron chi connectivity index (χ4n) is 2.41. The lowest BCUT2D eigenvalue weighted by Gasteiger charge is -2.31. The van der Waals surface area contributed by atoms with E-state index in [1.807, 2.05) is 6.92 Å². The summed E-state index contributed by atoms with van der Waals surface area (Å²) in [7, 11) is 0. The molecule has 2 N–H and O–H groups in total. The molecule has 0 aromatic carbocycles. The number of piperidine rings is 1. The molecule has 106 valence electrons. The van der Waals surface area contributed by atoms with Crippen LogP contribution in [0.4, 0.5) is 11.6 Å². The number of hydrogen-bond donors (Lipinski definition) is 1. The number of hydrogen-bond acceptors (Lipinski definition) is 7. The SMILES string of the molecule is Cc1noc(C2CCN(c3ncnc(N)c3Cl)CC2)n1. The summed E-state index contributed by atoms with van der Waals surface area (Å²) in [5.74, 6) is 2.69. The van der Waals surface area contributed by atoms with Crippen molar-refractivity contribution in [3.63, 3.8) is 0 Å². The fourth-order valence-corrected chi connectivity index (χ4v) is 2.63. The normalized spacial score (nSPS) is 16.6. The minimum absolute atomic E-state index is 0.297. The molecule has 3 rings (SSSR count). The van der Waals surface area contributed by atoms with E-state index in [9.17, 15) is 0 Å². The molecule has 0 saturated carbocycles. The zero-order valence-electron chi connectivity index (χ0n) is 11.1. The van der Waals surface area contributed by atoms with Crippen molar-refractivity contribution in [3.8, 4) is 0 Å². The highest BCUT2D eigenvalue weighted by Crippen LogP contribution is 2.33.